The minimum atomic E-state index is -4.39. The Bertz CT molecular complexity index is 1550. The average Bonchev–Trinajstić information content (AvgIpc) is 3.65. The van der Waals surface area contributed by atoms with Crippen molar-refractivity contribution in [1.82, 2.24) is 9.88 Å². The molecular weight excluding hydrogens is 545 g/mol. The van der Waals surface area contributed by atoms with Crippen LogP contribution in [0.15, 0.2) is 65.7 Å². The van der Waals surface area contributed by atoms with Crippen molar-refractivity contribution < 1.29 is 31.2 Å². The van der Waals surface area contributed by atoms with Crippen LogP contribution >= 0.6 is 0 Å². The summed E-state index contributed by atoms with van der Waals surface area (Å²) in [6.07, 6.45) is 0.228. The summed E-state index contributed by atoms with van der Waals surface area (Å²) in [6, 6.07) is 12.3. The van der Waals surface area contributed by atoms with Gasteiger partial charge in [0.1, 0.15) is 11.9 Å². The second-order valence-corrected chi connectivity index (χ2v) is 12.1. The number of benzene rings is 2. The molecule has 1 atom stereocenters. The van der Waals surface area contributed by atoms with Crippen LogP contribution < -0.4 is 10.2 Å². The quantitative estimate of drug-likeness (QED) is 0.440. The van der Waals surface area contributed by atoms with Crippen LogP contribution in [-0.4, -0.2) is 42.4 Å². The molecule has 1 fully saturated rings. The Morgan fingerprint density at radius 3 is 2.33 bits per heavy atom. The lowest BCUT2D eigenvalue weighted by molar-refractivity contribution is -0.137. The van der Waals surface area contributed by atoms with Gasteiger partial charge >= 0.3 is 6.18 Å². The molecule has 1 N–H and O–H groups in total. The summed E-state index contributed by atoms with van der Waals surface area (Å²) in [6.45, 7) is 1.87. The third-order valence-corrected chi connectivity index (χ3v) is 8.21. The highest BCUT2D eigenvalue weighted by Crippen LogP contribution is 2.37. The molecule has 210 valence electrons. The van der Waals surface area contributed by atoms with Crippen molar-refractivity contribution in [1.29, 1.82) is 0 Å². The largest absolute Gasteiger partial charge is 0.416 e. The number of aromatic nitrogens is 1. The lowest BCUT2D eigenvalue weighted by atomic mass is 10.0. The molecule has 2 aromatic carbocycles. The fourth-order valence-corrected chi connectivity index (χ4v) is 5.54. The van der Waals surface area contributed by atoms with Crippen molar-refractivity contribution in [2.75, 3.05) is 16.5 Å². The van der Waals surface area contributed by atoms with Gasteiger partial charge in [-0.25, -0.2) is 13.4 Å². The van der Waals surface area contributed by atoms with E-state index in [9.17, 15) is 31.2 Å². The van der Waals surface area contributed by atoms with Crippen LogP contribution in [0.1, 0.15) is 48.1 Å². The molecular formula is C28H27F3N4O4S. The van der Waals surface area contributed by atoms with E-state index in [-0.39, 0.29) is 29.2 Å². The zero-order valence-corrected chi connectivity index (χ0v) is 22.6. The van der Waals surface area contributed by atoms with E-state index in [1.165, 1.54) is 36.1 Å². The molecule has 1 aromatic heterocycles. The number of fused-ring (bicyclic) bond motifs is 1. The standard InChI is InChI=1S/C28H27F3N4O4S/c1-17(36)34-16-19-13-23(40(2,38)39)10-11-24(19)26(34)27(37)33-25-12-9-22(14-32-25)35(21-7-8-21)15-18-3-5-20(6-4-18)28(29,30)31/h3-6,9-14,21,26H,7-8,15-16H2,1-2H3,(H,32,33,37)/t26-/m1/s1. The lowest BCUT2D eigenvalue weighted by Crippen LogP contribution is -2.35. The number of pyridine rings is 1. The van der Waals surface area contributed by atoms with Gasteiger partial charge in [0.05, 0.1) is 22.3 Å². The molecule has 0 spiro atoms. The predicted molar refractivity (Wildman–Crippen MR) is 142 cm³/mol. The van der Waals surface area contributed by atoms with Crippen molar-refractivity contribution in [3.8, 4) is 0 Å². The predicted octanol–water partition coefficient (Wildman–Crippen LogP) is 4.71. The highest BCUT2D eigenvalue weighted by molar-refractivity contribution is 7.90. The Balaban J connectivity index is 1.32. The van der Waals surface area contributed by atoms with Crippen LogP contribution in [0.5, 0.6) is 0 Å². The first-order chi connectivity index (χ1) is 18.8. The molecule has 1 aliphatic carbocycles. The topological polar surface area (TPSA) is 99.7 Å². The maximum Gasteiger partial charge on any atom is 0.416 e. The van der Waals surface area contributed by atoms with E-state index in [4.69, 9.17) is 0 Å². The molecule has 0 unspecified atom stereocenters. The number of alkyl halides is 3. The number of carbonyl (C=O) groups is 2. The Kier molecular flexibility index (Phi) is 7.07. The van der Waals surface area contributed by atoms with Gasteiger partial charge in [0.15, 0.2) is 9.84 Å². The molecule has 12 heteroatoms. The first-order valence-corrected chi connectivity index (χ1v) is 14.5. The van der Waals surface area contributed by atoms with Gasteiger partial charge in [-0.3, -0.25) is 9.59 Å². The number of nitrogens with one attached hydrogen (secondary N) is 1. The highest BCUT2D eigenvalue weighted by Gasteiger charge is 2.38. The zero-order valence-electron chi connectivity index (χ0n) is 21.8. The molecule has 0 radical (unpaired) electrons. The number of hydrogen-bond donors (Lipinski definition) is 1. The molecule has 2 heterocycles. The fourth-order valence-electron chi connectivity index (χ4n) is 4.87. The maximum absolute atomic E-state index is 13.3. The number of sulfone groups is 1. The van der Waals surface area contributed by atoms with Crippen molar-refractivity contribution in [2.24, 2.45) is 0 Å². The second-order valence-electron chi connectivity index (χ2n) is 10.1. The summed E-state index contributed by atoms with van der Waals surface area (Å²) in [5.41, 5.74) is 1.95. The van der Waals surface area contributed by atoms with Gasteiger partial charge in [0.25, 0.3) is 5.91 Å². The van der Waals surface area contributed by atoms with E-state index in [0.717, 1.165) is 42.5 Å². The number of hydrogen-bond acceptors (Lipinski definition) is 6. The van der Waals surface area contributed by atoms with Crippen LogP contribution in [0.4, 0.5) is 24.7 Å². The summed E-state index contributed by atoms with van der Waals surface area (Å²) >= 11 is 0. The zero-order chi connectivity index (χ0) is 28.8. The van der Waals surface area contributed by atoms with Crippen LogP contribution in [0.2, 0.25) is 0 Å². The van der Waals surface area contributed by atoms with Crippen LogP contribution in [0.3, 0.4) is 0 Å². The van der Waals surface area contributed by atoms with Gasteiger partial charge < -0.3 is 15.1 Å². The van der Waals surface area contributed by atoms with Crippen LogP contribution in [-0.2, 0) is 38.7 Å². The van der Waals surface area contributed by atoms with Crippen molar-refractivity contribution in [3.63, 3.8) is 0 Å². The minimum absolute atomic E-state index is 0.110. The summed E-state index contributed by atoms with van der Waals surface area (Å²) in [5.74, 6) is -0.544. The highest BCUT2D eigenvalue weighted by atomic mass is 32.2. The van der Waals surface area contributed by atoms with Crippen LogP contribution in [0, 0.1) is 0 Å². The normalized spacial score (nSPS) is 16.9. The van der Waals surface area contributed by atoms with Gasteiger partial charge in [-0.1, -0.05) is 18.2 Å². The third-order valence-electron chi connectivity index (χ3n) is 7.09. The monoisotopic (exact) mass is 572 g/mol. The van der Waals surface area contributed by atoms with Gasteiger partial charge in [0, 0.05) is 32.3 Å². The van der Waals surface area contributed by atoms with Gasteiger partial charge in [-0.05, 0) is 65.9 Å². The van der Waals surface area contributed by atoms with Crippen molar-refractivity contribution >= 4 is 33.2 Å². The Hall–Kier alpha value is -3.93. The van der Waals surface area contributed by atoms with E-state index in [1.54, 1.807) is 24.4 Å². The second kappa shape index (κ2) is 10.2. The molecule has 3 aromatic rings. The number of carbonyl (C=O) groups excluding carboxylic acids is 2. The molecule has 0 bridgehead atoms. The first-order valence-electron chi connectivity index (χ1n) is 12.6. The molecule has 40 heavy (non-hydrogen) atoms. The lowest BCUT2D eigenvalue weighted by Gasteiger charge is -2.25. The molecule has 0 saturated heterocycles. The smallest absolute Gasteiger partial charge is 0.363 e. The number of nitrogens with zero attached hydrogens (tertiary/aromatic N) is 3. The van der Waals surface area contributed by atoms with E-state index in [2.05, 4.69) is 15.2 Å². The van der Waals surface area contributed by atoms with E-state index in [1.807, 2.05) is 0 Å². The van der Waals surface area contributed by atoms with E-state index >= 15 is 0 Å². The molecule has 2 aliphatic rings. The third kappa shape index (κ3) is 5.81. The summed E-state index contributed by atoms with van der Waals surface area (Å²) in [4.78, 5) is 33.6. The number of anilines is 2. The number of amides is 2. The van der Waals surface area contributed by atoms with Crippen LogP contribution in [0.25, 0.3) is 0 Å². The summed E-state index contributed by atoms with van der Waals surface area (Å²) in [5, 5.41) is 2.75. The Morgan fingerprint density at radius 2 is 1.77 bits per heavy atom. The molecule has 2 amide bonds. The Labute approximate surface area is 229 Å². The van der Waals surface area contributed by atoms with E-state index < -0.39 is 33.5 Å². The summed E-state index contributed by atoms with van der Waals surface area (Å²) < 4.78 is 62.7. The molecule has 5 rings (SSSR count). The number of halogens is 3. The molecule has 1 aliphatic heterocycles. The van der Waals surface area contributed by atoms with Crippen molar-refractivity contribution in [2.45, 2.75) is 56.0 Å². The average molecular weight is 573 g/mol. The van der Waals surface area contributed by atoms with Gasteiger partial charge in [-0.2, -0.15) is 13.2 Å². The molecule has 8 nitrogen and oxygen atoms in total. The summed E-state index contributed by atoms with van der Waals surface area (Å²) in [7, 11) is -3.45. The molecule has 1 saturated carbocycles. The first kappa shape index (κ1) is 27.6. The number of rotatable bonds is 7. The van der Waals surface area contributed by atoms with Crippen molar-refractivity contribution in [3.05, 3.63) is 83.0 Å². The minimum Gasteiger partial charge on any atom is -0.363 e. The fraction of sp³-hybridized carbons (Fsp3) is 0.321. The SMILES string of the molecule is CC(=O)N1Cc2cc(S(C)(=O)=O)ccc2[C@@H]1C(=O)Nc1ccc(N(Cc2ccc(C(F)(F)F)cc2)C2CC2)cn1. The van der Waals surface area contributed by atoms with E-state index in [0.29, 0.717) is 17.7 Å². The maximum atomic E-state index is 13.3. The van der Waals surface area contributed by atoms with Gasteiger partial charge in [-0.15, -0.1) is 0 Å². The van der Waals surface area contributed by atoms with Gasteiger partial charge in [0.2, 0.25) is 5.91 Å². The Morgan fingerprint density at radius 1 is 1.07 bits per heavy atom.